The minimum atomic E-state index is -0.659. The number of aliphatic hydroxyl groups excluding tert-OH is 1. The van der Waals surface area contributed by atoms with E-state index in [0.29, 0.717) is 18.6 Å². The second kappa shape index (κ2) is 8.23. The van der Waals surface area contributed by atoms with Crippen molar-refractivity contribution in [1.29, 1.82) is 0 Å². The van der Waals surface area contributed by atoms with E-state index in [1.165, 1.54) is 32.1 Å². The lowest BCUT2D eigenvalue weighted by atomic mass is 9.86. The lowest BCUT2D eigenvalue weighted by Gasteiger charge is -2.22. The van der Waals surface area contributed by atoms with Crippen LogP contribution in [0.5, 0.6) is 0 Å². The first kappa shape index (κ1) is 16.1. The molecule has 0 spiro atoms. The van der Waals surface area contributed by atoms with Crippen LogP contribution in [0.1, 0.15) is 70.2 Å². The molecule has 4 nitrogen and oxygen atoms in total. The van der Waals surface area contributed by atoms with Crippen LogP contribution in [0.3, 0.4) is 0 Å². The van der Waals surface area contributed by atoms with Gasteiger partial charge in [-0.1, -0.05) is 32.1 Å². The summed E-state index contributed by atoms with van der Waals surface area (Å²) in [6, 6.07) is 3.46. The molecule has 0 radical (unpaired) electrons. The maximum absolute atomic E-state index is 11.9. The highest BCUT2D eigenvalue weighted by molar-refractivity contribution is 5.76. The molecule has 0 saturated heterocycles. The maximum Gasteiger partial charge on any atom is 0.220 e. The molecule has 0 aromatic carbocycles. The van der Waals surface area contributed by atoms with Crippen molar-refractivity contribution in [2.24, 2.45) is 5.92 Å². The molecule has 2 rings (SSSR count). The molecule has 2 atom stereocenters. The van der Waals surface area contributed by atoms with Gasteiger partial charge < -0.3 is 14.8 Å². The van der Waals surface area contributed by atoms with Crippen molar-refractivity contribution in [1.82, 2.24) is 5.32 Å². The molecular formula is C17H27NO3. The van der Waals surface area contributed by atoms with E-state index in [4.69, 9.17) is 4.42 Å². The molecule has 2 N–H and O–H groups in total. The van der Waals surface area contributed by atoms with Gasteiger partial charge in [-0.25, -0.2) is 0 Å². The first-order chi connectivity index (χ1) is 10.1. The quantitative estimate of drug-likeness (QED) is 0.808. The van der Waals surface area contributed by atoms with Gasteiger partial charge in [-0.2, -0.15) is 0 Å². The van der Waals surface area contributed by atoms with Gasteiger partial charge >= 0.3 is 0 Å². The minimum absolute atomic E-state index is 0.0519. The molecule has 1 saturated carbocycles. The molecule has 0 bridgehead atoms. The van der Waals surface area contributed by atoms with Crippen LogP contribution >= 0.6 is 0 Å². The third-order valence-corrected chi connectivity index (χ3v) is 4.36. The molecule has 0 aliphatic heterocycles. The van der Waals surface area contributed by atoms with Crippen molar-refractivity contribution in [3.05, 3.63) is 24.2 Å². The van der Waals surface area contributed by atoms with E-state index in [1.54, 1.807) is 18.4 Å². The number of hydrogen-bond acceptors (Lipinski definition) is 3. The Hall–Kier alpha value is -1.29. The Morgan fingerprint density at radius 1 is 1.43 bits per heavy atom. The highest BCUT2D eigenvalue weighted by Gasteiger charge is 2.18. The van der Waals surface area contributed by atoms with Crippen LogP contribution in [0.2, 0.25) is 0 Å². The number of nitrogens with one attached hydrogen (secondary N) is 1. The highest BCUT2D eigenvalue weighted by atomic mass is 16.4. The Morgan fingerprint density at radius 3 is 2.86 bits per heavy atom. The molecule has 118 valence electrons. The van der Waals surface area contributed by atoms with E-state index in [9.17, 15) is 9.90 Å². The Kier molecular flexibility index (Phi) is 6.30. The maximum atomic E-state index is 11.9. The second-order valence-corrected chi connectivity index (χ2v) is 6.28. The van der Waals surface area contributed by atoms with Gasteiger partial charge in [0.1, 0.15) is 11.9 Å². The summed E-state index contributed by atoms with van der Waals surface area (Å²) in [4.78, 5) is 11.9. The number of carbonyl (C=O) groups excluding carboxylic acids is 1. The van der Waals surface area contributed by atoms with E-state index >= 15 is 0 Å². The summed E-state index contributed by atoms with van der Waals surface area (Å²) in [5, 5.41) is 13.0. The van der Waals surface area contributed by atoms with Crippen LogP contribution in [0.25, 0.3) is 0 Å². The summed E-state index contributed by atoms with van der Waals surface area (Å²) < 4.78 is 5.17. The van der Waals surface area contributed by atoms with Crippen LogP contribution < -0.4 is 5.32 Å². The van der Waals surface area contributed by atoms with E-state index < -0.39 is 6.10 Å². The molecular weight excluding hydrogens is 266 g/mol. The third-order valence-electron chi connectivity index (χ3n) is 4.36. The smallest absolute Gasteiger partial charge is 0.220 e. The Labute approximate surface area is 126 Å². The zero-order chi connectivity index (χ0) is 15.1. The summed E-state index contributed by atoms with van der Waals surface area (Å²) in [5.41, 5.74) is 0. The molecule has 1 fully saturated rings. The summed E-state index contributed by atoms with van der Waals surface area (Å²) in [6.45, 7) is 1.92. The van der Waals surface area contributed by atoms with Gasteiger partial charge in [-0.05, 0) is 31.4 Å². The fraction of sp³-hybridized carbons (Fsp3) is 0.706. The zero-order valence-electron chi connectivity index (χ0n) is 12.9. The van der Waals surface area contributed by atoms with Gasteiger partial charge in [-0.3, -0.25) is 4.79 Å². The van der Waals surface area contributed by atoms with E-state index in [-0.39, 0.29) is 11.9 Å². The molecule has 1 heterocycles. The number of carbonyl (C=O) groups is 1. The predicted molar refractivity (Wildman–Crippen MR) is 81.7 cm³/mol. The Morgan fingerprint density at radius 2 is 2.19 bits per heavy atom. The summed E-state index contributed by atoms with van der Waals surface area (Å²) >= 11 is 0. The van der Waals surface area contributed by atoms with Gasteiger partial charge in [0.25, 0.3) is 0 Å². The van der Waals surface area contributed by atoms with Crippen LogP contribution in [0.15, 0.2) is 22.8 Å². The molecule has 1 amide bonds. The summed E-state index contributed by atoms with van der Waals surface area (Å²) in [6.07, 6.45) is 9.51. The fourth-order valence-corrected chi connectivity index (χ4v) is 3.15. The summed E-state index contributed by atoms with van der Waals surface area (Å²) in [5.74, 6) is 1.38. The lowest BCUT2D eigenvalue weighted by Crippen LogP contribution is -2.33. The predicted octanol–water partition coefficient (Wildman–Crippen LogP) is 3.57. The first-order valence-corrected chi connectivity index (χ1v) is 8.16. The van der Waals surface area contributed by atoms with Crippen molar-refractivity contribution in [3.8, 4) is 0 Å². The van der Waals surface area contributed by atoms with Crippen molar-refractivity contribution < 1.29 is 14.3 Å². The van der Waals surface area contributed by atoms with Crippen molar-refractivity contribution >= 4 is 5.91 Å². The van der Waals surface area contributed by atoms with E-state index in [2.05, 4.69) is 5.32 Å². The van der Waals surface area contributed by atoms with Gasteiger partial charge in [0.15, 0.2) is 0 Å². The van der Waals surface area contributed by atoms with Crippen LogP contribution in [-0.4, -0.2) is 17.1 Å². The number of rotatable bonds is 7. The fourth-order valence-electron chi connectivity index (χ4n) is 3.15. The van der Waals surface area contributed by atoms with E-state index in [1.807, 2.05) is 6.92 Å². The van der Waals surface area contributed by atoms with Gasteiger partial charge in [-0.15, -0.1) is 0 Å². The second-order valence-electron chi connectivity index (χ2n) is 6.28. The SMILES string of the molecule is CC(CC(O)c1ccco1)NC(=O)CCC1CCCCC1. The number of hydrogen-bond donors (Lipinski definition) is 2. The Balaban J connectivity index is 1.64. The van der Waals surface area contributed by atoms with Crippen molar-refractivity contribution in [3.63, 3.8) is 0 Å². The van der Waals surface area contributed by atoms with E-state index in [0.717, 1.165) is 12.3 Å². The van der Waals surface area contributed by atoms with Crippen LogP contribution in [0.4, 0.5) is 0 Å². The molecule has 1 aromatic heterocycles. The topological polar surface area (TPSA) is 62.5 Å². The molecule has 1 aliphatic rings. The standard InChI is InChI=1S/C17H27NO3/c1-13(12-15(19)16-8-5-11-21-16)18-17(20)10-9-14-6-3-2-4-7-14/h5,8,11,13-15,19H,2-4,6-7,9-10,12H2,1H3,(H,18,20). The number of furan rings is 1. The summed E-state index contributed by atoms with van der Waals surface area (Å²) in [7, 11) is 0. The van der Waals surface area contributed by atoms with Gasteiger partial charge in [0, 0.05) is 18.9 Å². The Bertz CT molecular complexity index is 410. The van der Waals surface area contributed by atoms with Crippen molar-refractivity contribution in [2.75, 3.05) is 0 Å². The molecule has 1 aromatic rings. The van der Waals surface area contributed by atoms with Crippen LogP contribution in [0, 0.1) is 5.92 Å². The zero-order valence-corrected chi connectivity index (χ0v) is 12.9. The normalized spacial score (nSPS) is 19.1. The monoisotopic (exact) mass is 293 g/mol. The number of aliphatic hydroxyl groups is 1. The highest BCUT2D eigenvalue weighted by Crippen LogP contribution is 2.27. The van der Waals surface area contributed by atoms with Gasteiger partial charge in [0.2, 0.25) is 5.91 Å². The molecule has 2 unspecified atom stereocenters. The number of amides is 1. The van der Waals surface area contributed by atoms with Crippen LogP contribution in [-0.2, 0) is 4.79 Å². The average molecular weight is 293 g/mol. The third kappa shape index (κ3) is 5.54. The molecule has 4 heteroatoms. The van der Waals surface area contributed by atoms with Gasteiger partial charge in [0.05, 0.1) is 6.26 Å². The average Bonchev–Trinajstić information content (AvgIpc) is 3.00. The van der Waals surface area contributed by atoms with Crippen molar-refractivity contribution in [2.45, 2.75) is 70.4 Å². The largest absolute Gasteiger partial charge is 0.467 e. The minimum Gasteiger partial charge on any atom is -0.467 e. The molecule has 21 heavy (non-hydrogen) atoms. The molecule has 1 aliphatic carbocycles. The lowest BCUT2D eigenvalue weighted by molar-refractivity contribution is -0.122. The first-order valence-electron chi connectivity index (χ1n) is 8.16.